The fourth-order valence-corrected chi connectivity index (χ4v) is 10.1. The topological polar surface area (TPSA) is 9.86 Å². The van der Waals surface area contributed by atoms with Crippen molar-refractivity contribution < 1.29 is 0 Å². The zero-order valence-electron chi connectivity index (χ0n) is 27.5. The first-order chi connectivity index (χ1) is 25.3. The molecule has 0 aliphatic rings. The third-order valence-corrected chi connectivity index (χ3v) is 12.2. The van der Waals surface area contributed by atoms with E-state index >= 15 is 0 Å². The second kappa shape index (κ2) is 10.1. The molecule has 9 aromatic carbocycles. The number of benzene rings is 9. The number of fused-ring (bicyclic) bond motifs is 16. The van der Waals surface area contributed by atoms with E-state index < -0.39 is 0 Å². The number of rotatable bonds is 2. The van der Waals surface area contributed by atoms with Crippen LogP contribution in [-0.4, -0.2) is 9.13 Å². The smallest absolute Gasteiger partial charge is 0.0626 e. The van der Waals surface area contributed by atoms with Gasteiger partial charge in [-0.25, -0.2) is 0 Å². The number of aromatic nitrogens is 2. The van der Waals surface area contributed by atoms with Gasteiger partial charge in [0, 0.05) is 58.5 Å². The van der Waals surface area contributed by atoms with Crippen molar-refractivity contribution in [3.8, 4) is 11.4 Å². The van der Waals surface area contributed by atoms with Crippen LogP contribution in [0, 0.1) is 0 Å². The number of para-hydroxylation sites is 2. The molecule has 0 atom stereocenters. The lowest BCUT2D eigenvalue weighted by atomic mass is 9.93. The normalized spacial score (nSPS) is 12.3. The van der Waals surface area contributed by atoms with Gasteiger partial charge in [-0.1, -0.05) is 115 Å². The maximum absolute atomic E-state index is 2.49. The molecule has 0 aliphatic heterocycles. The molecule has 0 amide bonds. The molecule has 0 aliphatic carbocycles. The maximum Gasteiger partial charge on any atom is 0.0626 e. The van der Waals surface area contributed by atoms with Gasteiger partial charge in [-0.3, -0.25) is 0 Å². The number of hydrogen-bond donors (Lipinski definition) is 0. The van der Waals surface area contributed by atoms with Gasteiger partial charge in [0.05, 0.1) is 22.1 Å². The minimum absolute atomic E-state index is 1.15. The van der Waals surface area contributed by atoms with Crippen LogP contribution in [0.3, 0.4) is 0 Å². The van der Waals surface area contributed by atoms with Crippen LogP contribution >= 0.6 is 11.3 Å². The Morgan fingerprint density at radius 2 is 0.902 bits per heavy atom. The van der Waals surface area contributed by atoms with Crippen LogP contribution in [0.5, 0.6) is 0 Å². The first-order valence-electron chi connectivity index (χ1n) is 17.5. The molecule has 12 rings (SSSR count). The van der Waals surface area contributed by atoms with E-state index in [0.717, 1.165) is 11.4 Å². The SMILES string of the molecule is c1ccc2c(c1)ccc1c2c2ccccc2c2c3ccccc3n(-c3ccc(-n4c5ccccc5c5cc6c(cc54)sc4ccccc46)cc3)c12. The molecule has 3 heteroatoms. The van der Waals surface area contributed by atoms with Gasteiger partial charge in [-0.05, 0) is 81.5 Å². The molecule has 0 N–H and O–H groups in total. The van der Waals surface area contributed by atoms with Crippen LogP contribution in [0.4, 0.5) is 0 Å². The molecule has 236 valence electrons. The predicted molar refractivity (Wildman–Crippen MR) is 221 cm³/mol. The van der Waals surface area contributed by atoms with Crippen molar-refractivity contribution in [1.82, 2.24) is 9.13 Å². The Morgan fingerprint density at radius 1 is 0.314 bits per heavy atom. The second-order valence-corrected chi connectivity index (χ2v) is 14.7. The van der Waals surface area contributed by atoms with Gasteiger partial charge in [0.25, 0.3) is 0 Å². The lowest BCUT2D eigenvalue weighted by Gasteiger charge is -2.15. The second-order valence-electron chi connectivity index (χ2n) is 13.7. The highest BCUT2D eigenvalue weighted by molar-refractivity contribution is 7.25. The van der Waals surface area contributed by atoms with Crippen molar-refractivity contribution in [2.45, 2.75) is 0 Å². The Bertz CT molecular complexity index is 3410. The van der Waals surface area contributed by atoms with Crippen molar-refractivity contribution in [3.63, 3.8) is 0 Å². The lowest BCUT2D eigenvalue weighted by Crippen LogP contribution is -1.98. The summed E-state index contributed by atoms with van der Waals surface area (Å²) in [6, 6.07) is 62.9. The van der Waals surface area contributed by atoms with E-state index in [4.69, 9.17) is 0 Å². The molecule has 0 fully saturated rings. The Kier molecular flexibility index (Phi) is 5.41. The molecule has 0 bridgehead atoms. The van der Waals surface area contributed by atoms with Gasteiger partial charge in [-0.2, -0.15) is 0 Å². The van der Waals surface area contributed by atoms with E-state index in [9.17, 15) is 0 Å². The van der Waals surface area contributed by atoms with Crippen molar-refractivity contribution in [2.24, 2.45) is 0 Å². The molecule has 0 saturated heterocycles. The molecule has 51 heavy (non-hydrogen) atoms. The third kappa shape index (κ3) is 3.65. The highest BCUT2D eigenvalue weighted by Gasteiger charge is 2.21. The van der Waals surface area contributed by atoms with Crippen molar-refractivity contribution in [1.29, 1.82) is 0 Å². The molecule has 0 spiro atoms. The zero-order valence-corrected chi connectivity index (χ0v) is 28.3. The molecule has 0 unspecified atom stereocenters. The van der Waals surface area contributed by atoms with Gasteiger partial charge >= 0.3 is 0 Å². The lowest BCUT2D eigenvalue weighted by molar-refractivity contribution is 1.15. The largest absolute Gasteiger partial charge is 0.309 e. The third-order valence-electron chi connectivity index (χ3n) is 11.1. The van der Waals surface area contributed by atoms with E-state index in [-0.39, 0.29) is 0 Å². The number of hydrogen-bond acceptors (Lipinski definition) is 1. The standard InChI is InChI=1S/C48H28N2S/c1-2-12-32-29(11-1)21-26-38-46(32)35-15-3-4-16-36(35)47-37-17-6-9-19-42(37)50(48(38)47)31-24-22-30(23-25-31)49-41-18-8-5-13-33(41)39-27-40-34-14-7-10-20-44(34)51-45(40)28-43(39)49/h1-28H. The number of thiophene rings is 1. The van der Waals surface area contributed by atoms with Crippen LogP contribution in [-0.2, 0) is 0 Å². The van der Waals surface area contributed by atoms with Gasteiger partial charge in [0.1, 0.15) is 0 Å². The Labute approximate surface area is 296 Å². The summed E-state index contributed by atoms with van der Waals surface area (Å²) in [5, 5.41) is 15.6. The average molecular weight is 665 g/mol. The summed E-state index contributed by atoms with van der Waals surface area (Å²) in [4.78, 5) is 0. The van der Waals surface area contributed by atoms with E-state index in [0.29, 0.717) is 0 Å². The summed E-state index contributed by atoms with van der Waals surface area (Å²) in [6.45, 7) is 0. The minimum atomic E-state index is 1.15. The molecular formula is C48H28N2S. The Hall–Kier alpha value is -6.42. The van der Waals surface area contributed by atoms with Gasteiger partial charge in [-0.15, -0.1) is 11.3 Å². The molecular weight excluding hydrogens is 637 g/mol. The van der Waals surface area contributed by atoms with Crippen LogP contribution < -0.4 is 0 Å². The molecule has 2 nitrogen and oxygen atoms in total. The average Bonchev–Trinajstić information content (AvgIpc) is 3.84. The van der Waals surface area contributed by atoms with Crippen molar-refractivity contribution in [2.75, 3.05) is 0 Å². The van der Waals surface area contributed by atoms with Gasteiger partial charge in [0.2, 0.25) is 0 Å². The highest BCUT2D eigenvalue weighted by Crippen LogP contribution is 2.45. The molecule has 0 radical (unpaired) electrons. The highest BCUT2D eigenvalue weighted by atomic mass is 32.1. The van der Waals surface area contributed by atoms with E-state index in [1.165, 1.54) is 96.1 Å². The van der Waals surface area contributed by atoms with Crippen LogP contribution in [0.2, 0.25) is 0 Å². The summed E-state index contributed by atoms with van der Waals surface area (Å²) in [5.41, 5.74) is 7.25. The molecule has 3 aromatic heterocycles. The van der Waals surface area contributed by atoms with E-state index in [1.54, 1.807) is 0 Å². The Balaban J connectivity index is 1.15. The van der Waals surface area contributed by atoms with Gasteiger partial charge < -0.3 is 9.13 Å². The molecule has 3 heterocycles. The van der Waals surface area contributed by atoms with Crippen LogP contribution in [0.1, 0.15) is 0 Å². The fraction of sp³-hybridized carbons (Fsp3) is 0. The molecule has 12 aromatic rings. The van der Waals surface area contributed by atoms with Crippen LogP contribution in [0.25, 0.3) is 107 Å². The van der Waals surface area contributed by atoms with Crippen LogP contribution in [0.15, 0.2) is 170 Å². The quantitative estimate of drug-likeness (QED) is 0.163. The van der Waals surface area contributed by atoms with Crippen molar-refractivity contribution in [3.05, 3.63) is 170 Å². The zero-order chi connectivity index (χ0) is 33.2. The minimum Gasteiger partial charge on any atom is -0.309 e. The first kappa shape index (κ1) is 27.4. The van der Waals surface area contributed by atoms with E-state index in [2.05, 4.69) is 179 Å². The Morgan fingerprint density at radius 3 is 1.69 bits per heavy atom. The summed E-state index contributed by atoms with van der Waals surface area (Å²) < 4.78 is 7.59. The fourth-order valence-electron chi connectivity index (χ4n) is 8.93. The predicted octanol–water partition coefficient (Wildman–Crippen LogP) is 13.7. The first-order valence-corrected chi connectivity index (χ1v) is 18.3. The maximum atomic E-state index is 2.49. The summed E-state index contributed by atoms with van der Waals surface area (Å²) in [7, 11) is 0. The monoisotopic (exact) mass is 664 g/mol. The van der Waals surface area contributed by atoms with E-state index in [1.807, 2.05) is 11.3 Å². The molecule has 0 saturated carbocycles. The summed E-state index contributed by atoms with van der Waals surface area (Å²) in [6.07, 6.45) is 0. The summed E-state index contributed by atoms with van der Waals surface area (Å²) in [5.74, 6) is 0. The summed E-state index contributed by atoms with van der Waals surface area (Å²) >= 11 is 1.88. The number of nitrogens with zero attached hydrogens (tertiary/aromatic N) is 2. The van der Waals surface area contributed by atoms with Gasteiger partial charge in [0.15, 0.2) is 0 Å². The van der Waals surface area contributed by atoms with Crippen molar-refractivity contribution >= 4 is 107 Å².